The summed E-state index contributed by atoms with van der Waals surface area (Å²) < 4.78 is 19.9. The maximum Gasteiger partial charge on any atom is 0.305 e. The fourth-order valence-electron chi connectivity index (χ4n) is 2.96. The third-order valence-electron chi connectivity index (χ3n) is 7.32. The molecule has 0 aliphatic rings. The van der Waals surface area contributed by atoms with E-state index >= 15 is 0 Å². The minimum atomic E-state index is -2.09. The topological polar surface area (TPSA) is 44.8 Å². The van der Waals surface area contributed by atoms with Gasteiger partial charge in [-0.1, -0.05) is 87.8 Å². The van der Waals surface area contributed by atoms with E-state index in [2.05, 4.69) is 102 Å². The molecule has 1 aromatic rings. The molecule has 0 N–H and O–H groups in total. The molecule has 0 aromatic heterocycles. The summed E-state index contributed by atoms with van der Waals surface area (Å²) in [5, 5.41) is 0.140. The van der Waals surface area contributed by atoms with Gasteiger partial charge in [0.2, 0.25) is 0 Å². The highest BCUT2D eigenvalue weighted by molar-refractivity contribution is 9.10. The van der Waals surface area contributed by atoms with Gasteiger partial charge >= 0.3 is 5.97 Å². The van der Waals surface area contributed by atoms with Gasteiger partial charge in [0.15, 0.2) is 16.6 Å². The van der Waals surface area contributed by atoms with Crippen molar-refractivity contribution in [2.45, 2.75) is 109 Å². The van der Waals surface area contributed by atoms with E-state index in [9.17, 15) is 4.79 Å². The molecule has 4 nitrogen and oxygen atoms in total. The predicted molar refractivity (Wildman–Crippen MR) is 153 cm³/mol. The molecule has 34 heavy (non-hydrogen) atoms. The second kappa shape index (κ2) is 12.5. The molecule has 194 valence electrons. The van der Waals surface area contributed by atoms with Crippen molar-refractivity contribution in [2.24, 2.45) is 0 Å². The first kappa shape index (κ1) is 31.3. The van der Waals surface area contributed by atoms with Crippen LogP contribution in [0.15, 0.2) is 34.8 Å². The van der Waals surface area contributed by atoms with E-state index < -0.39 is 16.6 Å². The third-order valence-corrected chi connectivity index (χ3v) is 17.0. The molecule has 1 rings (SSSR count). The smallest absolute Gasteiger partial charge is 0.305 e. The van der Waals surface area contributed by atoms with E-state index in [4.69, 9.17) is 13.6 Å². The van der Waals surface area contributed by atoms with Crippen LogP contribution in [0.1, 0.15) is 66.4 Å². The van der Waals surface area contributed by atoms with Crippen LogP contribution in [-0.4, -0.2) is 41.9 Å². The molecule has 1 aromatic carbocycles. The molecule has 7 heteroatoms. The summed E-state index contributed by atoms with van der Waals surface area (Å²) in [4.78, 5) is 11.8. The van der Waals surface area contributed by atoms with Crippen molar-refractivity contribution in [3.63, 3.8) is 0 Å². The lowest BCUT2D eigenvalue weighted by Crippen LogP contribution is -2.51. The number of carbonyl (C=O) groups is 1. The van der Waals surface area contributed by atoms with Gasteiger partial charge in [0.05, 0.1) is 19.3 Å². The Morgan fingerprint density at radius 2 is 1.50 bits per heavy atom. The van der Waals surface area contributed by atoms with E-state index in [-0.39, 0.29) is 28.3 Å². The summed E-state index contributed by atoms with van der Waals surface area (Å²) in [5.41, 5.74) is 1.10. The average Bonchev–Trinajstić information content (AvgIpc) is 2.69. The van der Waals surface area contributed by atoms with Crippen LogP contribution in [0.3, 0.4) is 0 Å². The van der Waals surface area contributed by atoms with Crippen molar-refractivity contribution >= 4 is 44.6 Å². The highest BCUT2D eigenvalue weighted by Gasteiger charge is 2.44. The number of hydrogen-bond acceptors (Lipinski definition) is 4. The Labute approximate surface area is 219 Å². The van der Waals surface area contributed by atoms with Gasteiger partial charge in [0.1, 0.15) is 0 Å². The van der Waals surface area contributed by atoms with Crippen LogP contribution in [0, 0.1) is 0 Å². The monoisotopic (exact) mass is 570 g/mol. The molecule has 0 radical (unpaired) electrons. The molecule has 0 amide bonds. The lowest BCUT2D eigenvalue weighted by Gasteiger charge is -2.44. The summed E-state index contributed by atoms with van der Waals surface area (Å²) in [7, 11) is -2.73. The summed E-state index contributed by atoms with van der Waals surface area (Å²) in [6.07, 6.45) is 5.76. The van der Waals surface area contributed by atoms with Gasteiger partial charge < -0.3 is 13.6 Å². The first-order chi connectivity index (χ1) is 15.4. The Morgan fingerprint density at radius 3 is 2.00 bits per heavy atom. The Hall–Kier alpha value is -0.736. The molecule has 0 unspecified atom stereocenters. The molecule has 0 spiro atoms. The fourth-order valence-corrected chi connectivity index (χ4v) is 6.00. The van der Waals surface area contributed by atoms with E-state index in [1.165, 1.54) is 7.11 Å². The zero-order chi connectivity index (χ0) is 26.4. The van der Waals surface area contributed by atoms with E-state index in [0.717, 1.165) is 16.5 Å². The highest BCUT2D eigenvalue weighted by atomic mass is 79.9. The molecule has 0 bridgehead atoms. The van der Waals surface area contributed by atoms with Crippen LogP contribution >= 0.6 is 15.9 Å². The minimum absolute atomic E-state index is 0.0694. The Kier molecular flexibility index (Phi) is 11.5. The van der Waals surface area contributed by atoms with Crippen LogP contribution in [0.2, 0.25) is 36.3 Å². The fraction of sp³-hybridized carbons (Fsp3) is 0.667. The summed E-state index contributed by atoms with van der Waals surface area (Å²) >= 11 is 3.66. The molecular weight excluding hydrogens is 524 g/mol. The summed E-state index contributed by atoms with van der Waals surface area (Å²) in [5.74, 6) is -0.184. The summed E-state index contributed by atoms with van der Waals surface area (Å²) in [6.45, 7) is 22.7. The van der Waals surface area contributed by atoms with Crippen molar-refractivity contribution in [3.05, 3.63) is 40.4 Å². The SMILES string of the molecule is COC(=O)CCC[C@H](O[Si](C)(C)C(C)(C)C)[C@@H](C=Cc1ccccc1Br)O[Si](C)(C)C(C)(C)C. The maximum atomic E-state index is 11.8. The van der Waals surface area contributed by atoms with E-state index in [0.29, 0.717) is 12.8 Å². The maximum absolute atomic E-state index is 11.8. The first-order valence-corrected chi connectivity index (χ1v) is 18.9. The van der Waals surface area contributed by atoms with E-state index in [1.54, 1.807) is 0 Å². The predicted octanol–water partition coefficient (Wildman–Crippen LogP) is 8.59. The second-order valence-electron chi connectivity index (χ2n) is 12.1. The largest absolute Gasteiger partial charge is 0.469 e. The zero-order valence-electron chi connectivity index (χ0n) is 23.3. The second-order valence-corrected chi connectivity index (χ2v) is 22.5. The number of ether oxygens (including phenoxy) is 1. The van der Waals surface area contributed by atoms with E-state index in [1.807, 2.05) is 18.2 Å². The third kappa shape index (κ3) is 9.38. The van der Waals surface area contributed by atoms with Gasteiger partial charge in [-0.25, -0.2) is 0 Å². The molecule has 0 saturated heterocycles. The number of hydrogen-bond donors (Lipinski definition) is 0. The van der Waals surface area contributed by atoms with Crippen LogP contribution < -0.4 is 0 Å². The molecule has 2 atom stereocenters. The molecule has 0 saturated carbocycles. The van der Waals surface area contributed by atoms with Crippen LogP contribution in [0.25, 0.3) is 6.08 Å². The Bertz CT molecular complexity index is 823. The lowest BCUT2D eigenvalue weighted by atomic mass is 10.1. The van der Waals surface area contributed by atoms with Gasteiger partial charge in [0.25, 0.3) is 0 Å². The van der Waals surface area contributed by atoms with Gasteiger partial charge in [-0.3, -0.25) is 4.79 Å². The number of benzene rings is 1. The Morgan fingerprint density at radius 1 is 0.971 bits per heavy atom. The minimum Gasteiger partial charge on any atom is -0.469 e. The zero-order valence-corrected chi connectivity index (χ0v) is 26.8. The van der Waals surface area contributed by atoms with Crippen molar-refractivity contribution in [3.8, 4) is 0 Å². The first-order valence-electron chi connectivity index (χ1n) is 12.3. The standard InChI is InChI=1S/C27H47BrO4Si2/c1-26(2,3)33(8,9)31-23(17-14-18-25(29)30-7)24(32-34(10,11)27(4,5)6)20-19-21-15-12-13-16-22(21)28/h12-13,15-16,19-20,23-24H,14,17-18H2,1-11H3/t23-,24+/m0/s1. The number of halogens is 1. The van der Waals surface area contributed by atoms with Gasteiger partial charge in [0, 0.05) is 10.9 Å². The van der Waals surface area contributed by atoms with Gasteiger partial charge in [-0.15, -0.1) is 0 Å². The van der Waals surface area contributed by atoms with Gasteiger partial charge in [-0.2, -0.15) is 0 Å². The molecule has 0 aliphatic carbocycles. The van der Waals surface area contributed by atoms with Crippen molar-refractivity contribution in [1.82, 2.24) is 0 Å². The van der Waals surface area contributed by atoms with Crippen molar-refractivity contribution in [2.75, 3.05) is 7.11 Å². The highest BCUT2D eigenvalue weighted by Crippen LogP contribution is 2.41. The average molecular weight is 572 g/mol. The quantitative estimate of drug-likeness (QED) is 0.197. The molecular formula is C27H47BrO4Si2. The molecule has 0 fully saturated rings. The van der Waals surface area contributed by atoms with Gasteiger partial charge in [-0.05, 0) is 60.7 Å². The Balaban J connectivity index is 3.41. The van der Waals surface area contributed by atoms with Crippen molar-refractivity contribution < 1.29 is 18.4 Å². The summed E-state index contributed by atoms with van der Waals surface area (Å²) in [6, 6.07) is 8.18. The van der Waals surface area contributed by atoms with Crippen molar-refractivity contribution in [1.29, 1.82) is 0 Å². The molecule has 0 aliphatic heterocycles. The molecule has 0 heterocycles. The lowest BCUT2D eigenvalue weighted by molar-refractivity contribution is -0.140. The number of methoxy groups -OCH3 is 1. The van der Waals surface area contributed by atoms with Crippen LogP contribution in [0.4, 0.5) is 0 Å². The van der Waals surface area contributed by atoms with Crippen LogP contribution in [0.5, 0.6) is 0 Å². The van der Waals surface area contributed by atoms with Crippen LogP contribution in [-0.2, 0) is 18.4 Å². The number of carbonyl (C=O) groups excluding carboxylic acids is 1. The number of rotatable bonds is 11. The number of esters is 1. The normalized spacial score (nSPS) is 15.4.